The molecule has 2 N–H and O–H groups in total. The second-order valence-electron chi connectivity index (χ2n) is 3.80. The summed E-state index contributed by atoms with van der Waals surface area (Å²) in [6.45, 7) is 0. The van der Waals surface area contributed by atoms with Gasteiger partial charge < -0.3 is 10.5 Å². The Morgan fingerprint density at radius 3 is 2.72 bits per heavy atom. The fourth-order valence-electron chi connectivity index (χ4n) is 1.60. The summed E-state index contributed by atoms with van der Waals surface area (Å²) in [7, 11) is 1.66. The number of thioether (sulfide) groups is 1. The molecule has 2 rings (SSSR count). The van der Waals surface area contributed by atoms with Gasteiger partial charge in [0, 0.05) is 16.3 Å². The Bertz CT molecular complexity index is 525. The van der Waals surface area contributed by atoms with Crippen LogP contribution in [-0.4, -0.2) is 7.11 Å². The van der Waals surface area contributed by atoms with E-state index in [1.165, 1.54) is 5.56 Å². The van der Waals surface area contributed by atoms with Crippen molar-refractivity contribution in [2.24, 2.45) is 0 Å². The Morgan fingerprint density at radius 2 is 2.00 bits per heavy atom. The fraction of sp³-hybridized carbons (Fsp3) is 0.143. The molecule has 0 aliphatic carbocycles. The first-order chi connectivity index (χ1) is 8.70. The molecule has 0 saturated heterocycles. The predicted molar refractivity (Wildman–Crippen MR) is 78.4 cm³/mol. The zero-order chi connectivity index (χ0) is 13.0. The monoisotopic (exact) mass is 279 g/mol. The molecule has 0 saturated carbocycles. The molecular weight excluding hydrogens is 266 g/mol. The number of hydrogen-bond acceptors (Lipinski definition) is 3. The van der Waals surface area contributed by atoms with E-state index in [0.29, 0.717) is 5.02 Å². The summed E-state index contributed by atoms with van der Waals surface area (Å²) >= 11 is 7.76. The SMILES string of the molecule is COc1cccc(CSc2c(N)cccc2Cl)c1. The summed E-state index contributed by atoms with van der Waals surface area (Å²) in [6.07, 6.45) is 0. The van der Waals surface area contributed by atoms with Gasteiger partial charge in [-0.25, -0.2) is 0 Å². The van der Waals surface area contributed by atoms with Crippen LogP contribution in [0.3, 0.4) is 0 Å². The molecular formula is C14H14ClNOS. The molecule has 0 aliphatic rings. The third kappa shape index (κ3) is 3.12. The molecule has 94 valence electrons. The molecule has 0 aromatic heterocycles. The van der Waals surface area contributed by atoms with Gasteiger partial charge in [0.25, 0.3) is 0 Å². The number of ether oxygens (including phenoxy) is 1. The molecule has 0 spiro atoms. The third-order valence-corrected chi connectivity index (χ3v) is 4.16. The van der Waals surface area contributed by atoms with Crippen LogP contribution in [0.1, 0.15) is 5.56 Å². The minimum atomic E-state index is 0.697. The van der Waals surface area contributed by atoms with Crippen LogP contribution >= 0.6 is 23.4 Å². The first-order valence-electron chi connectivity index (χ1n) is 5.50. The maximum atomic E-state index is 6.13. The first kappa shape index (κ1) is 13.1. The van der Waals surface area contributed by atoms with Crippen LogP contribution in [0.5, 0.6) is 5.75 Å². The minimum Gasteiger partial charge on any atom is -0.497 e. The maximum absolute atomic E-state index is 6.13. The second-order valence-corrected chi connectivity index (χ2v) is 5.19. The largest absolute Gasteiger partial charge is 0.497 e. The molecule has 2 nitrogen and oxygen atoms in total. The van der Waals surface area contributed by atoms with Gasteiger partial charge in [-0.05, 0) is 29.8 Å². The number of anilines is 1. The standard InChI is InChI=1S/C14H14ClNOS/c1-17-11-5-2-4-10(8-11)9-18-14-12(15)6-3-7-13(14)16/h2-8H,9,16H2,1H3. The normalized spacial score (nSPS) is 10.3. The Labute approximate surface area is 116 Å². The Hall–Kier alpha value is -1.32. The highest BCUT2D eigenvalue weighted by atomic mass is 35.5. The third-order valence-electron chi connectivity index (χ3n) is 2.51. The predicted octanol–water partition coefficient (Wildman–Crippen LogP) is 4.22. The fourth-order valence-corrected chi connectivity index (χ4v) is 2.87. The van der Waals surface area contributed by atoms with Crippen LogP contribution in [0.2, 0.25) is 5.02 Å². The van der Waals surface area contributed by atoms with Crippen LogP contribution in [0.4, 0.5) is 5.69 Å². The lowest BCUT2D eigenvalue weighted by Gasteiger charge is -2.08. The molecule has 0 radical (unpaired) electrons. The quantitative estimate of drug-likeness (QED) is 0.672. The number of methoxy groups -OCH3 is 1. The number of nitrogen functional groups attached to an aromatic ring is 1. The molecule has 0 bridgehead atoms. The molecule has 4 heteroatoms. The highest BCUT2D eigenvalue weighted by Gasteiger charge is 2.05. The topological polar surface area (TPSA) is 35.2 Å². The van der Waals surface area contributed by atoms with E-state index >= 15 is 0 Å². The van der Waals surface area contributed by atoms with Crippen molar-refractivity contribution >= 4 is 29.1 Å². The van der Waals surface area contributed by atoms with Gasteiger partial charge in [-0.3, -0.25) is 0 Å². The van der Waals surface area contributed by atoms with Crippen LogP contribution in [0, 0.1) is 0 Å². The van der Waals surface area contributed by atoms with Crippen molar-refractivity contribution in [2.45, 2.75) is 10.6 Å². The smallest absolute Gasteiger partial charge is 0.119 e. The average Bonchev–Trinajstić information content (AvgIpc) is 2.38. The van der Waals surface area contributed by atoms with Crippen LogP contribution in [0.25, 0.3) is 0 Å². The van der Waals surface area contributed by atoms with Gasteiger partial charge in [-0.2, -0.15) is 0 Å². The first-order valence-corrected chi connectivity index (χ1v) is 6.87. The van der Waals surface area contributed by atoms with Crippen molar-refractivity contribution in [3.8, 4) is 5.75 Å². The van der Waals surface area contributed by atoms with Gasteiger partial charge in [0.15, 0.2) is 0 Å². The lowest BCUT2D eigenvalue weighted by molar-refractivity contribution is 0.414. The van der Waals surface area contributed by atoms with Gasteiger partial charge in [-0.15, -0.1) is 11.8 Å². The lowest BCUT2D eigenvalue weighted by Crippen LogP contribution is -1.90. The van der Waals surface area contributed by atoms with Gasteiger partial charge in [0.05, 0.1) is 12.1 Å². The molecule has 0 atom stereocenters. The van der Waals surface area contributed by atoms with Crippen molar-refractivity contribution in [3.63, 3.8) is 0 Å². The summed E-state index contributed by atoms with van der Waals surface area (Å²) in [5.74, 6) is 1.67. The molecule has 18 heavy (non-hydrogen) atoms. The van der Waals surface area contributed by atoms with Gasteiger partial charge in [0.1, 0.15) is 5.75 Å². The van der Waals surface area contributed by atoms with Crippen LogP contribution < -0.4 is 10.5 Å². The molecule has 0 amide bonds. The number of hydrogen-bond donors (Lipinski definition) is 1. The van der Waals surface area contributed by atoms with E-state index in [1.54, 1.807) is 18.9 Å². The van der Waals surface area contributed by atoms with Gasteiger partial charge in [-0.1, -0.05) is 29.8 Å². The minimum absolute atomic E-state index is 0.697. The number of rotatable bonds is 4. The molecule has 2 aromatic carbocycles. The highest BCUT2D eigenvalue weighted by Crippen LogP contribution is 2.34. The van der Waals surface area contributed by atoms with E-state index < -0.39 is 0 Å². The highest BCUT2D eigenvalue weighted by molar-refractivity contribution is 7.98. The second kappa shape index (κ2) is 6.03. The van der Waals surface area contributed by atoms with E-state index in [4.69, 9.17) is 22.1 Å². The van der Waals surface area contributed by atoms with Crippen LogP contribution in [0.15, 0.2) is 47.4 Å². The summed E-state index contributed by atoms with van der Waals surface area (Å²) in [6, 6.07) is 13.5. The summed E-state index contributed by atoms with van der Waals surface area (Å²) in [5, 5.41) is 0.697. The zero-order valence-corrected chi connectivity index (χ0v) is 11.6. The molecule has 0 unspecified atom stereocenters. The van der Waals surface area contributed by atoms with Crippen molar-refractivity contribution < 1.29 is 4.74 Å². The maximum Gasteiger partial charge on any atom is 0.119 e. The zero-order valence-electron chi connectivity index (χ0n) is 10.0. The van der Waals surface area contributed by atoms with Crippen molar-refractivity contribution in [3.05, 3.63) is 53.1 Å². The van der Waals surface area contributed by atoms with Crippen molar-refractivity contribution in [1.29, 1.82) is 0 Å². The van der Waals surface area contributed by atoms with E-state index in [-0.39, 0.29) is 0 Å². The summed E-state index contributed by atoms with van der Waals surface area (Å²) in [5.41, 5.74) is 7.81. The Morgan fingerprint density at radius 1 is 1.22 bits per heavy atom. The number of benzene rings is 2. The van der Waals surface area contributed by atoms with E-state index in [1.807, 2.05) is 36.4 Å². The average molecular weight is 280 g/mol. The summed E-state index contributed by atoms with van der Waals surface area (Å²) < 4.78 is 5.19. The summed E-state index contributed by atoms with van der Waals surface area (Å²) in [4.78, 5) is 0.932. The molecule has 0 heterocycles. The number of halogens is 1. The number of nitrogens with two attached hydrogens (primary N) is 1. The molecule has 0 aliphatic heterocycles. The van der Waals surface area contributed by atoms with Gasteiger partial charge >= 0.3 is 0 Å². The van der Waals surface area contributed by atoms with Crippen LogP contribution in [-0.2, 0) is 5.75 Å². The Kier molecular flexibility index (Phi) is 4.39. The van der Waals surface area contributed by atoms with E-state index in [2.05, 4.69) is 6.07 Å². The van der Waals surface area contributed by atoms with E-state index in [9.17, 15) is 0 Å². The van der Waals surface area contributed by atoms with Gasteiger partial charge in [0.2, 0.25) is 0 Å². The molecule has 2 aromatic rings. The molecule has 0 fully saturated rings. The van der Waals surface area contributed by atoms with E-state index in [0.717, 1.165) is 22.1 Å². The Balaban J connectivity index is 2.11. The van der Waals surface area contributed by atoms with Crippen molar-refractivity contribution in [1.82, 2.24) is 0 Å². The lowest BCUT2D eigenvalue weighted by atomic mass is 10.2. The van der Waals surface area contributed by atoms with Crippen molar-refractivity contribution in [2.75, 3.05) is 12.8 Å².